The molecule has 1 aliphatic carbocycles. The molecule has 2 aliphatic rings. The number of para-hydroxylation sites is 2. The van der Waals surface area contributed by atoms with Gasteiger partial charge in [-0.2, -0.15) is 0 Å². The minimum absolute atomic E-state index is 0.0790. The third-order valence-electron chi connectivity index (χ3n) is 5.49. The second-order valence-corrected chi connectivity index (χ2v) is 6.89. The maximum absolute atomic E-state index is 10.9. The van der Waals surface area contributed by atoms with E-state index < -0.39 is 6.10 Å². The summed E-state index contributed by atoms with van der Waals surface area (Å²) in [5, 5.41) is 14.8. The highest BCUT2D eigenvalue weighted by molar-refractivity contribution is 5.72. The van der Waals surface area contributed by atoms with Crippen molar-refractivity contribution in [2.24, 2.45) is 5.11 Å². The SMILES string of the molecule is [N-]=[N+]=NC1CCCC(N2c3ccccc3CCc3ccccc32)C1O. The molecule has 4 rings (SSSR count). The van der Waals surface area contributed by atoms with Crippen molar-refractivity contribution in [2.45, 2.75) is 50.3 Å². The molecule has 1 saturated carbocycles. The van der Waals surface area contributed by atoms with Crippen LogP contribution in [0.4, 0.5) is 11.4 Å². The van der Waals surface area contributed by atoms with Crippen LogP contribution in [0, 0.1) is 0 Å². The van der Waals surface area contributed by atoms with Gasteiger partial charge in [-0.3, -0.25) is 0 Å². The number of hydrogen-bond donors (Lipinski definition) is 1. The van der Waals surface area contributed by atoms with E-state index in [1.54, 1.807) is 0 Å². The van der Waals surface area contributed by atoms with Crippen LogP contribution in [0.5, 0.6) is 0 Å². The molecule has 0 radical (unpaired) electrons. The van der Waals surface area contributed by atoms with Crippen LogP contribution >= 0.6 is 0 Å². The Balaban J connectivity index is 1.83. The van der Waals surface area contributed by atoms with Gasteiger partial charge in [-0.05, 0) is 54.5 Å². The predicted octanol–water partition coefficient (Wildman–Crippen LogP) is 4.52. The van der Waals surface area contributed by atoms with Crippen LogP contribution in [-0.2, 0) is 12.8 Å². The largest absolute Gasteiger partial charge is 0.391 e. The summed E-state index contributed by atoms with van der Waals surface area (Å²) in [4.78, 5) is 5.24. The molecule has 5 nitrogen and oxygen atoms in total. The Bertz CT molecular complexity index is 767. The standard InChI is InChI=1S/C20H22N4O/c21-23-22-16-8-5-11-19(20(16)25)24-17-9-3-1-6-14(17)12-13-15-7-2-4-10-18(15)24/h1-4,6-7,9-10,16,19-20,25H,5,8,11-13H2. The molecule has 1 aliphatic heterocycles. The van der Waals surface area contributed by atoms with Crippen LogP contribution < -0.4 is 4.90 Å². The molecule has 25 heavy (non-hydrogen) atoms. The van der Waals surface area contributed by atoms with Gasteiger partial charge in [0, 0.05) is 16.3 Å². The number of fused-ring (bicyclic) bond motifs is 2. The lowest BCUT2D eigenvalue weighted by atomic mass is 9.86. The lowest BCUT2D eigenvalue weighted by Crippen LogP contribution is -2.49. The second-order valence-electron chi connectivity index (χ2n) is 6.89. The maximum Gasteiger partial charge on any atom is 0.0832 e. The number of hydrogen-bond acceptors (Lipinski definition) is 3. The fourth-order valence-corrected chi connectivity index (χ4v) is 4.28. The van der Waals surface area contributed by atoms with Gasteiger partial charge in [0.15, 0.2) is 0 Å². The van der Waals surface area contributed by atoms with Crippen molar-refractivity contribution in [3.05, 3.63) is 70.1 Å². The predicted molar refractivity (Wildman–Crippen MR) is 99.0 cm³/mol. The zero-order chi connectivity index (χ0) is 17.2. The highest BCUT2D eigenvalue weighted by atomic mass is 16.3. The Labute approximate surface area is 147 Å². The van der Waals surface area contributed by atoms with Crippen molar-refractivity contribution >= 4 is 11.4 Å². The number of anilines is 2. The maximum atomic E-state index is 10.9. The normalized spacial score (nSPS) is 25.3. The minimum atomic E-state index is -0.663. The highest BCUT2D eigenvalue weighted by Gasteiger charge is 2.37. The van der Waals surface area contributed by atoms with Crippen molar-refractivity contribution < 1.29 is 5.11 Å². The van der Waals surface area contributed by atoms with Crippen LogP contribution in [-0.4, -0.2) is 23.3 Å². The fourth-order valence-electron chi connectivity index (χ4n) is 4.28. The number of azide groups is 1. The van der Waals surface area contributed by atoms with Crippen LogP contribution in [0.15, 0.2) is 53.6 Å². The first-order valence-electron chi connectivity index (χ1n) is 8.97. The molecule has 1 N–H and O–H groups in total. The molecule has 128 valence electrons. The summed E-state index contributed by atoms with van der Waals surface area (Å²) in [5.41, 5.74) is 13.8. The van der Waals surface area contributed by atoms with E-state index in [1.807, 2.05) is 0 Å². The Kier molecular flexibility index (Phi) is 4.35. The monoisotopic (exact) mass is 334 g/mol. The van der Waals surface area contributed by atoms with Crippen LogP contribution in [0.25, 0.3) is 10.4 Å². The summed E-state index contributed by atoms with van der Waals surface area (Å²) in [6, 6.07) is 16.5. The number of aliphatic hydroxyl groups is 1. The number of aliphatic hydroxyl groups excluding tert-OH is 1. The molecule has 0 spiro atoms. The Morgan fingerprint density at radius 2 is 1.56 bits per heavy atom. The molecule has 0 aromatic heterocycles. The van der Waals surface area contributed by atoms with Gasteiger partial charge >= 0.3 is 0 Å². The smallest absolute Gasteiger partial charge is 0.0832 e. The summed E-state index contributed by atoms with van der Waals surface area (Å²) < 4.78 is 0. The summed E-state index contributed by atoms with van der Waals surface area (Å²) in [7, 11) is 0. The van der Waals surface area contributed by atoms with Gasteiger partial charge in [0.2, 0.25) is 0 Å². The molecule has 5 heteroatoms. The third kappa shape index (κ3) is 2.86. The van der Waals surface area contributed by atoms with Gasteiger partial charge in [-0.15, -0.1) is 0 Å². The molecule has 1 heterocycles. The van der Waals surface area contributed by atoms with Gasteiger partial charge in [0.25, 0.3) is 0 Å². The molecule has 2 aromatic carbocycles. The topological polar surface area (TPSA) is 72.2 Å². The summed E-state index contributed by atoms with van der Waals surface area (Å²) in [5.74, 6) is 0. The number of nitrogens with zero attached hydrogens (tertiary/aromatic N) is 4. The summed E-state index contributed by atoms with van der Waals surface area (Å²) >= 11 is 0. The molecule has 2 aromatic rings. The third-order valence-corrected chi connectivity index (χ3v) is 5.49. The Hall–Kier alpha value is -2.49. The van der Waals surface area contributed by atoms with E-state index in [9.17, 15) is 5.11 Å². The molecule has 3 unspecified atom stereocenters. The van der Waals surface area contributed by atoms with Crippen LogP contribution in [0.3, 0.4) is 0 Å². The van der Waals surface area contributed by atoms with Crippen molar-refractivity contribution in [3.63, 3.8) is 0 Å². The lowest BCUT2D eigenvalue weighted by Gasteiger charge is -2.42. The van der Waals surface area contributed by atoms with Crippen molar-refractivity contribution in [1.29, 1.82) is 0 Å². The van der Waals surface area contributed by atoms with Crippen molar-refractivity contribution in [2.75, 3.05) is 4.90 Å². The van der Waals surface area contributed by atoms with Crippen molar-refractivity contribution in [1.82, 2.24) is 0 Å². The van der Waals surface area contributed by atoms with E-state index in [2.05, 4.69) is 63.5 Å². The van der Waals surface area contributed by atoms with Crippen LogP contribution in [0.2, 0.25) is 0 Å². The first-order valence-corrected chi connectivity index (χ1v) is 8.97. The Morgan fingerprint density at radius 1 is 0.960 bits per heavy atom. The van der Waals surface area contributed by atoms with E-state index in [-0.39, 0.29) is 12.1 Å². The first kappa shape index (κ1) is 16.0. The lowest BCUT2D eigenvalue weighted by molar-refractivity contribution is 0.0879. The van der Waals surface area contributed by atoms with Gasteiger partial charge in [0.1, 0.15) is 0 Å². The van der Waals surface area contributed by atoms with Gasteiger partial charge in [-0.1, -0.05) is 47.9 Å². The summed E-state index contributed by atoms with van der Waals surface area (Å²) in [6.45, 7) is 0. The first-order chi connectivity index (χ1) is 12.3. The van der Waals surface area contributed by atoms with E-state index in [0.29, 0.717) is 0 Å². The van der Waals surface area contributed by atoms with Crippen molar-refractivity contribution in [3.8, 4) is 0 Å². The molecule has 0 bridgehead atoms. The average molecular weight is 334 g/mol. The van der Waals surface area contributed by atoms with Gasteiger partial charge in [-0.25, -0.2) is 0 Å². The average Bonchev–Trinajstić information content (AvgIpc) is 2.81. The molecule has 1 fully saturated rings. The van der Waals surface area contributed by atoms with E-state index in [0.717, 1.165) is 43.5 Å². The molecule has 0 saturated heterocycles. The van der Waals surface area contributed by atoms with Gasteiger partial charge in [0.05, 0.1) is 18.2 Å². The van der Waals surface area contributed by atoms with E-state index in [1.165, 1.54) is 11.1 Å². The molecule has 0 amide bonds. The molecular formula is C20H22N4O. The fraction of sp³-hybridized carbons (Fsp3) is 0.400. The van der Waals surface area contributed by atoms with E-state index >= 15 is 0 Å². The molecular weight excluding hydrogens is 312 g/mol. The summed E-state index contributed by atoms with van der Waals surface area (Å²) in [6.07, 6.45) is 3.91. The molecule has 3 atom stereocenters. The minimum Gasteiger partial charge on any atom is -0.391 e. The quantitative estimate of drug-likeness (QED) is 0.498. The van der Waals surface area contributed by atoms with E-state index in [4.69, 9.17) is 5.53 Å². The number of benzene rings is 2. The second kappa shape index (κ2) is 6.79. The zero-order valence-corrected chi connectivity index (χ0v) is 14.1. The van der Waals surface area contributed by atoms with Crippen LogP contribution in [0.1, 0.15) is 30.4 Å². The Morgan fingerprint density at radius 3 is 2.16 bits per heavy atom. The zero-order valence-electron chi connectivity index (χ0n) is 14.1. The van der Waals surface area contributed by atoms with Gasteiger partial charge < -0.3 is 10.0 Å². The number of aryl methyl sites for hydroxylation is 2. The highest BCUT2D eigenvalue weighted by Crippen LogP contribution is 2.41. The number of rotatable bonds is 2.